The molecule has 0 radical (unpaired) electrons. The number of anilines is 1. The Kier molecular flexibility index (Phi) is 4.68. The Balaban J connectivity index is 2.41. The first-order valence-electron chi connectivity index (χ1n) is 7.18. The van der Waals surface area contributed by atoms with E-state index in [9.17, 15) is 13.6 Å². The maximum absolute atomic E-state index is 13.7. The smallest absolute Gasteiger partial charge is 0.261 e. The summed E-state index contributed by atoms with van der Waals surface area (Å²) in [5.74, 6) is -2.25. The molecule has 2 aromatic carbocycles. The van der Waals surface area contributed by atoms with E-state index in [4.69, 9.17) is 4.74 Å². The number of hydrogen-bond acceptors (Lipinski definition) is 2. The minimum atomic E-state index is -0.909. The molecule has 2 aromatic rings. The highest BCUT2D eigenvalue weighted by molar-refractivity contribution is 6.05. The van der Waals surface area contributed by atoms with Gasteiger partial charge in [0.2, 0.25) is 0 Å². The van der Waals surface area contributed by atoms with Crippen LogP contribution in [0, 0.1) is 11.6 Å². The molecule has 0 atom stereocenters. The molecule has 0 aliphatic heterocycles. The molecule has 0 saturated carbocycles. The van der Waals surface area contributed by atoms with Gasteiger partial charge in [0.05, 0.1) is 12.8 Å². The van der Waals surface area contributed by atoms with Crippen LogP contribution in [-0.4, -0.2) is 13.0 Å². The van der Waals surface area contributed by atoms with Crippen LogP contribution in [0.3, 0.4) is 0 Å². The molecule has 0 bridgehead atoms. The summed E-state index contributed by atoms with van der Waals surface area (Å²) in [6.07, 6.45) is 0. The van der Waals surface area contributed by atoms with Crippen LogP contribution in [0.15, 0.2) is 36.4 Å². The third-order valence-electron chi connectivity index (χ3n) is 3.50. The van der Waals surface area contributed by atoms with E-state index in [0.29, 0.717) is 11.4 Å². The summed E-state index contributed by atoms with van der Waals surface area (Å²) >= 11 is 0. The maximum Gasteiger partial charge on any atom is 0.261 e. The normalized spacial score (nSPS) is 11.2. The first-order chi connectivity index (χ1) is 10.7. The molecule has 0 unspecified atom stereocenters. The molecular weight excluding hydrogens is 300 g/mol. The Morgan fingerprint density at radius 1 is 1.09 bits per heavy atom. The minimum Gasteiger partial charge on any atom is -0.495 e. The Hall–Kier alpha value is -2.43. The summed E-state index contributed by atoms with van der Waals surface area (Å²) < 4.78 is 32.7. The monoisotopic (exact) mass is 319 g/mol. The number of rotatable bonds is 3. The van der Waals surface area contributed by atoms with E-state index in [1.54, 1.807) is 12.1 Å². The van der Waals surface area contributed by atoms with Crippen LogP contribution in [-0.2, 0) is 5.41 Å². The predicted octanol–water partition coefficient (Wildman–Crippen LogP) is 4.52. The third kappa shape index (κ3) is 3.67. The molecule has 0 heterocycles. The van der Waals surface area contributed by atoms with Gasteiger partial charge in [-0.1, -0.05) is 32.9 Å². The lowest BCUT2D eigenvalue weighted by atomic mass is 9.87. The van der Waals surface area contributed by atoms with Crippen molar-refractivity contribution in [3.05, 3.63) is 59.2 Å². The van der Waals surface area contributed by atoms with Crippen LogP contribution < -0.4 is 10.1 Å². The molecule has 0 aliphatic rings. The minimum absolute atomic E-state index is 0.144. The molecule has 0 fully saturated rings. The van der Waals surface area contributed by atoms with E-state index in [-0.39, 0.29) is 5.41 Å². The number of benzene rings is 2. The van der Waals surface area contributed by atoms with Crippen LogP contribution in [0.25, 0.3) is 0 Å². The van der Waals surface area contributed by atoms with Gasteiger partial charge in [0.15, 0.2) is 0 Å². The van der Waals surface area contributed by atoms with Gasteiger partial charge in [0.25, 0.3) is 5.91 Å². The summed E-state index contributed by atoms with van der Waals surface area (Å²) in [6, 6.07) is 8.64. The van der Waals surface area contributed by atoms with E-state index < -0.39 is 23.1 Å². The van der Waals surface area contributed by atoms with Gasteiger partial charge in [0, 0.05) is 0 Å². The first kappa shape index (κ1) is 16.9. The number of amides is 1. The van der Waals surface area contributed by atoms with Crippen LogP contribution in [0.1, 0.15) is 36.7 Å². The molecule has 0 aliphatic carbocycles. The number of carbonyl (C=O) groups is 1. The molecule has 2 rings (SSSR count). The van der Waals surface area contributed by atoms with Crippen molar-refractivity contribution in [2.75, 3.05) is 12.4 Å². The van der Waals surface area contributed by atoms with Crippen molar-refractivity contribution in [2.45, 2.75) is 26.2 Å². The number of hydrogen-bond donors (Lipinski definition) is 1. The van der Waals surface area contributed by atoms with Crippen LogP contribution >= 0.6 is 0 Å². The Labute approximate surface area is 134 Å². The summed E-state index contributed by atoms with van der Waals surface area (Å²) in [6.45, 7) is 6.07. The number of carbonyl (C=O) groups excluding carboxylic acids is 1. The van der Waals surface area contributed by atoms with Gasteiger partial charge in [-0.3, -0.25) is 4.79 Å². The van der Waals surface area contributed by atoms with Crippen molar-refractivity contribution in [1.29, 1.82) is 0 Å². The van der Waals surface area contributed by atoms with Crippen LogP contribution in [0.4, 0.5) is 14.5 Å². The zero-order valence-corrected chi connectivity index (χ0v) is 13.5. The average Bonchev–Trinajstić information content (AvgIpc) is 2.46. The van der Waals surface area contributed by atoms with Gasteiger partial charge >= 0.3 is 0 Å². The molecule has 0 saturated heterocycles. The van der Waals surface area contributed by atoms with E-state index in [1.165, 1.54) is 13.2 Å². The maximum atomic E-state index is 13.7. The standard InChI is InChI=1S/C18H19F2NO2/c1-18(2,3)11-8-9-15(23-4)14(10-11)21-17(22)16-12(19)6-5-7-13(16)20/h5-10H,1-4H3,(H,21,22). The second-order valence-electron chi connectivity index (χ2n) is 6.22. The quantitative estimate of drug-likeness (QED) is 0.903. The van der Waals surface area contributed by atoms with E-state index in [1.807, 2.05) is 26.8 Å². The molecule has 5 heteroatoms. The van der Waals surface area contributed by atoms with Gasteiger partial charge in [-0.2, -0.15) is 0 Å². The molecule has 1 N–H and O–H groups in total. The Morgan fingerprint density at radius 2 is 1.70 bits per heavy atom. The number of methoxy groups -OCH3 is 1. The van der Waals surface area contributed by atoms with Crippen molar-refractivity contribution in [2.24, 2.45) is 0 Å². The third-order valence-corrected chi connectivity index (χ3v) is 3.50. The summed E-state index contributed by atoms with van der Waals surface area (Å²) in [4.78, 5) is 12.2. The van der Waals surface area contributed by atoms with Crippen molar-refractivity contribution in [3.8, 4) is 5.75 Å². The molecule has 3 nitrogen and oxygen atoms in total. The highest BCUT2D eigenvalue weighted by atomic mass is 19.1. The Bertz CT molecular complexity index is 716. The first-order valence-corrected chi connectivity index (χ1v) is 7.18. The lowest BCUT2D eigenvalue weighted by molar-refractivity contribution is 0.101. The van der Waals surface area contributed by atoms with Crippen LogP contribution in [0.5, 0.6) is 5.75 Å². The average molecular weight is 319 g/mol. The van der Waals surface area contributed by atoms with E-state index in [2.05, 4.69) is 5.32 Å². The van der Waals surface area contributed by atoms with Crippen LogP contribution in [0.2, 0.25) is 0 Å². The lowest BCUT2D eigenvalue weighted by Crippen LogP contribution is -2.18. The highest BCUT2D eigenvalue weighted by Crippen LogP contribution is 2.32. The molecule has 122 valence electrons. The lowest BCUT2D eigenvalue weighted by Gasteiger charge is -2.21. The van der Waals surface area contributed by atoms with Crippen molar-refractivity contribution in [3.63, 3.8) is 0 Å². The van der Waals surface area contributed by atoms with Crippen molar-refractivity contribution in [1.82, 2.24) is 0 Å². The second kappa shape index (κ2) is 6.36. The number of nitrogens with one attached hydrogen (secondary N) is 1. The molecule has 0 aromatic heterocycles. The highest BCUT2D eigenvalue weighted by Gasteiger charge is 2.20. The zero-order chi connectivity index (χ0) is 17.2. The fourth-order valence-electron chi connectivity index (χ4n) is 2.17. The van der Waals surface area contributed by atoms with E-state index >= 15 is 0 Å². The Morgan fingerprint density at radius 3 is 2.22 bits per heavy atom. The largest absolute Gasteiger partial charge is 0.495 e. The SMILES string of the molecule is COc1ccc(C(C)(C)C)cc1NC(=O)c1c(F)cccc1F. The summed E-state index contributed by atoms with van der Waals surface area (Å²) in [7, 11) is 1.46. The topological polar surface area (TPSA) is 38.3 Å². The summed E-state index contributed by atoms with van der Waals surface area (Å²) in [5.41, 5.74) is 0.570. The van der Waals surface area contributed by atoms with Gasteiger partial charge in [0.1, 0.15) is 22.9 Å². The number of ether oxygens (including phenoxy) is 1. The van der Waals surface area contributed by atoms with E-state index in [0.717, 1.165) is 17.7 Å². The molecule has 0 spiro atoms. The van der Waals surface area contributed by atoms with Gasteiger partial charge < -0.3 is 10.1 Å². The molecule has 23 heavy (non-hydrogen) atoms. The van der Waals surface area contributed by atoms with Crippen molar-refractivity contribution >= 4 is 11.6 Å². The van der Waals surface area contributed by atoms with Crippen molar-refractivity contribution < 1.29 is 18.3 Å². The van der Waals surface area contributed by atoms with Gasteiger partial charge in [-0.15, -0.1) is 0 Å². The van der Waals surface area contributed by atoms with Gasteiger partial charge in [-0.05, 0) is 35.2 Å². The fourth-order valence-corrected chi connectivity index (χ4v) is 2.17. The number of halogens is 2. The fraction of sp³-hybridized carbons (Fsp3) is 0.278. The molecular formula is C18H19F2NO2. The predicted molar refractivity (Wildman–Crippen MR) is 86.0 cm³/mol. The second-order valence-corrected chi connectivity index (χ2v) is 6.22. The van der Waals surface area contributed by atoms with Gasteiger partial charge in [-0.25, -0.2) is 8.78 Å². The summed E-state index contributed by atoms with van der Waals surface area (Å²) in [5, 5.41) is 2.53. The zero-order valence-electron chi connectivity index (χ0n) is 13.5. The molecule has 1 amide bonds.